The van der Waals surface area contributed by atoms with Crippen molar-refractivity contribution in [2.45, 2.75) is 6.10 Å². The van der Waals surface area contributed by atoms with E-state index in [4.69, 9.17) is 5.11 Å². The van der Waals surface area contributed by atoms with Gasteiger partial charge in [0.1, 0.15) is 12.6 Å². The van der Waals surface area contributed by atoms with Crippen LogP contribution in [0.3, 0.4) is 0 Å². The number of hydrogen-bond donors (Lipinski definition) is 2. The molecular formula is C12H22NO2+. The Morgan fingerprint density at radius 3 is 1.67 bits per heavy atom. The maximum absolute atomic E-state index is 9.50. The van der Waals surface area contributed by atoms with Gasteiger partial charge in [0.15, 0.2) is 0 Å². The van der Waals surface area contributed by atoms with Gasteiger partial charge in [-0.3, -0.25) is 0 Å². The molecule has 0 spiro atoms. The van der Waals surface area contributed by atoms with Gasteiger partial charge < -0.3 is 14.7 Å². The molecule has 86 valence electrons. The van der Waals surface area contributed by atoms with E-state index >= 15 is 0 Å². The Balaban J connectivity index is 4.65. The lowest BCUT2D eigenvalue weighted by molar-refractivity contribution is -0.914. The highest BCUT2D eigenvalue weighted by Crippen LogP contribution is 2.09. The number of hydrogen-bond acceptors (Lipinski definition) is 2. The molecule has 1 atom stereocenters. The minimum absolute atomic E-state index is 0.217. The Morgan fingerprint density at radius 1 is 1.00 bits per heavy atom. The van der Waals surface area contributed by atoms with Crippen molar-refractivity contribution in [2.75, 3.05) is 32.8 Å². The van der Waals surface area contributed by atoms with Crippen LogP contribution in [-0.2, 0) is 0 Å². The van der Waals surface area contributed by atoms with Gasteiger partial charge >= 0.3 is 0 Å². The summed E-state index contributed by atoms with van der Waals surface area (Å²) >= 11 is 0. The molecule has 0 aromatic heterocycles. The Bertz CT molecular complexity index is 187. The number of aliphatic hydroxyl groups is 2. The summed E-state index contributed by atoms with van der Waals surface area (Å²) < 4.78 is 0.609. The first-order valence-corrected chi connectivity index (χ1v) is 5.11. The Hall–Kier alpha value is -0.900. The fourth-order valence-corrected chi connectivity index (χ4v) is 1.77. The zero-order valence-electron chi connectivity index (χ0n) is 9.31. The normalized spacial score (nSPS) is 13.2. The smallest absolute Gasteiger partial charge is 0.126 e. The first-order chi connectivity index (χ1) is 7.14. The van der Waals surface area contributed by atoms with Crippen LogP contribution in [-0.4, -0.2) is 53.6 Å². The minimum atomic E-state index is -0.704. The Labute approximate surface area is 92.2 Å². The summed E-state index contributed by atoms with van der Waals surface area (Å²) in [6, 6.07) is 0. The van der Waals surface area contributed by atoms with Crippen LogP contribution in [0.1, 0.15) is 0 Å². The van der Waals surface area contributed by atoms with E-state index in [9.17, 15) is 5.11 Å². The third-order valence-electron chi connectivity index (χ3n) is 2.36. The number of aliphatic hydroxyl groups excluding tert-OH is 2. The van der Waals surface area contributed by atoms with Crippen molar-refractivity contribution in [2.24, 2.45) is 0 Å². The third kappa shape index (κ3) is 4.93. The number of rotatable bonds is 9. The van der Waals surface area contributed by atoms with Gasteiger partial charge in [-0.2, -0.15) is 0 Å². The highest BCUT2D eigenvalue weighted by Gasteiger charge is 2.26. The minimum Gasteiger partial charge on any atom is -0.393 e. The van der Waals surface area contributed by atoms with Gasteiger partial charge in [-0.05, 0) is 18.2 Å². The highest BCUT2D eigenvalue weighted by molar-refractivity contribution is 4.77. The molecular weight excluding hydrogens is 190 g/mol. The van der Waals surface area contributed by atoms with Gasteiger partial charge in [-0.15, -0.1) is 0 Å². The number of quaternary nitrogens is 1. The molecule has 0 radical (unpaired) electrons. The van der Waals surface area contributed by atoms with E-state index in [2.05, 4.69) is 19.7 Å². The van der Waals surface area contributed by atoms with E-state index in [0.717, 1.165) is 19.6 Å². The maximum Gasteiger partial charge on any atom is 0.126 e. The van der Waals surface area contributed by atoms with Crippen molar-refractivity contribution in [1.82, 2.24) is 0 Å². The Kier molecular flexibility index (Phi) is 6.96. The van der Waals surface area contributed by atoms with E-state index in [1.54, 1.807) is 0 Å². The molecule has 0 saturated carbocycles. The average molecular weight is 212 g/mol. The standard InChI is InChI=1S/C12H22NO2/c1-4-7-13(8-5-2,9-6-3)10-12(15)11-14/h4-6,12,14-15H,1-3,7-11H2/q+1. The molecule has 0 aliphatic rings. The quantitative estimate of drug-likeness (QED) is 0.436. The monoisotopic (exact) mass is 212 g/mol. The molecule has 15 heavy (non-hydrogen) atoms. The molecule has 0 heterocycles. The van der Waals surface area contributed by atoms with Crippen LogP contribution in [0.4, 0.5) is 0 Å². The molecule has 3 nitrogen and oxygen atoms in total. The molecule has 1 unspecified atom stereocenters. The Morgan fingerprint density at radius 2 is 1.40 bits per heavy atom. The summed E-state index contributed by atoms with van der Waals surface area (Å²) in [4.78, 5) is 0. The van der Waals surface area contributed by atoms with Crippen molar-refractivity contribution in [3.05, 3.63) is 38.0 Å². The largest absolute Gasteiger partial charge is 0.393 e. The fourth-order valence-electron chi connectivity index (χ4n) is 1.77. The molecule has 0 aromatic carbocycles. The summed E-state index contributed by atoms with van der Waals surface area (Å²) in [6.07, 6.45) is 4.75. The second-order valence-corrected chi connectivity index (χ2v) is 3.77. The van der Waals surface area contributed by atoms with Crippen LogP contribution in [0.15, 0.2) is 38.0 Å². The van der Waals surface area contributed by atoms with Crippen LogP contribution in [0, 0.1) is 0 Å². The van der Waals surface area contributed by atoms with Gasteiger partial charge in [0.2, 0.25) is 0 Å². The number of nitrogens with zero attached hydrogens (tertiary/aromatic N) is 1. The lowest BCUT2D eigenvalue weighted by Crippen LogP contribution is -2.53. The first-order valence-electron chi connectivity index (χ1n) is 5.11. The first kappa shape index (κ1) is 14.1. The molecule has 0 fully saturated rings. The molecule has 0 aliphatic carbocycles. The van der Waals surface area contributed by atoms with Crippen molar-refractivity contribution >= 4 is 0 Å². The van der Waals surface area contributed by atoms with Crippen LogP contribution < -0.4 is 0 Å². The van der Waals surface area contributed by atoms with Gasteiger partial charge in [-0.25, -0.2) is 0 Å². The summed E-state index contributed by atoms with van der Waals surface area (Å²) in [5, 5.41) is 18.4. The van der Waals surface area contributed by atoms with Crippen LogP contribution in [0.2, 0.25) is 0 Å². The molecule has 0 saturated heterocycles. The zero-order chi connectivity index (χ0) is 11.7. The molecule has 0 rings (SSSR count). The summed E-state index contributed by atoms with van der Waals surface area (Å²) in [5.41, 5.74) is 0. The molecule has 0 amide bonds. The van der Waals surface area contributed by atoms with Crippen LogP contribution >= 0.6 is 0 Å². The molecule has 0 aliphatic heterocycles. The van der Waals surface area contributed by atoms with Gasteiger partial charge in [0.05, 0.1) is 26.2 Å². The molecule has 0 aromatic rings. The fraction of sp³-hybridized carbons (Fsp3) is 0.500. The molecule has 3 heteroatoms. The second-order valence-electron chi connectivity index (χ2n) is 3.77. The van der Waals surface area contributed by atoms with E-state index in [1.165, 1.54) is 0 Å². The maximum atomic E-state index is 9.50. The van der Waals surface area contributed by atoms with Gasteiger partial charge in [-0.1, -0.05) is 19.7 Å². The highest BCUT2D eigenvalue weighted by atomic mass is 16.3. The predicted molar refractivity (Wildman–Crippen MR) is 63.4 cm³/mol. The lowest BCUT2D eigenvalue weighted by atomic mass is 10.2. The van der Waals surface area contributed by atoms with Crippen molar-refractivity contribution in [3.8, 4) is 0 Å². The van der Waals surface area contributed by atoms with Crippen LogP contribution in [0.5, 0.6) is 0 Å². The van der Waals surface area contributed by atoms with E-state index < -0.39 is 6.10 Å². The SMILES string of the molecule is C=CC[N+](CC=C)(CC=C)CC(O)CO. The summed E-state index contributed by atoms with van der Waals surface area (Å²) in [7, 11) is 0. The van der Waals surface area contributed by atoms with Crippen molar-refractivity contribution < 1.29 is 14.7 Å². The summed E-state index contributed by atoms with van der Waals surface area (Å²) in [5.74, 6) is 0. The molecule has 2 N–H and O–H groups in total. The second kappa shape index (κ2) is 7.40. The van der Waals surface area contributed by atoms with Crippen molar-refractivity contribution in [3.63, 3.8) is 0 Å². The third-order valence-corrected chi connectivity index (χ3v) is 2.36. The van der Waals surface area contributed by atoms with Gasteiger partial charge in [0.25, 0.3) is 0 Å². The van der Waals surface area contributed by atoms with E-state index in [1.807, 2.05) is 18.2 Å². The molecule has 0 bridgehead atoms. The topological polar surface area (TPSA) is 40.5 Å². The van der Waals surface area contributed by atoms with Gasteiger partial charge in [0, 0.05) is 0 Å². The van der Waals surface area contributed by atoms with Crippen LogP contribution in [0.25, 0.3) is 0 Å². The summed E-state index contributed by atoms with van der Waals surface area (Å²) in [6.45, 7) is 13.6. The lowest BCUT2D eigenvalue weighted by Gasteiger charge is -2.37. The van der Waals surface area contributed by atoms with Crippen molar-refractivity contribution in [1.29, 1.82) is 0 Å². The van der Waals surface area contributed by atoms with E-state index in [-0.39, 0.29) is 6.61 Å². The van der Waals surface area contributed by atoms with E-state index in [0.29, 0.717) is 11.0 Å². The predicted octanol–water partition coefficient (Wildman–Crippen LogP) is 0.714. The zero-order valence-corrected chi connectivity index (χ0v) is 9.31. The average Bonchev–Trinajstić information content (AvgIpc) is 2.18.